The molecule has 1 aliphatic heterocycles. The molecule has 0 bridgehead atoms. The first-order chi connectivity index (χ1) is 14.0. The van der Waals surface area contributed by atoms with Crippen LogP contribution in [0.25, 0.3) is 0 Å². The Hall–Kier alpha value is -2.74. The summed E-state index contributed by atoms with van der Waals surface area (Å²) in [7, 11) is -3.60. The molecule has 2 aromatic rings. The number of sulfonamides is 1. The molecule has 162 valence electrons. The predicted molar refractivity (Wildman–Crippen MR) is 118 cm³/mol. The normalized spacial score (nSPS) is 16.4. The van der Waals surface area contributed by atoms with Crippen molar-refractivity contribution in [3.63, 3.8) is 0 Å². The lowest BCUT2D eigenvalue weighted by molar-refractivity contribution is -0.122. The molecule has 1 aliphatic rings. The fourth-order valence-corrected chi connectivity index (χ4v) is 4.13. The highest BCUT2D eigenvalue weighted by Crippen LogP contribution is 2.38. The van der Waals surface area contributed by atoms with Crippen LogP contribution in [0.3, 0.4) is 0 Å². The standard InChI is InChI=1S/C22H28N2O5S/c1-6-28-17-9-7-8-16(13-17)23-21(25)20-14-24(30(5,26)27)18-12-15(22(2,3)4)10-11-19(18)29-20/h7-13,20H,6,14H2,1-5H3,(H,23,25)/t20-/m1/s1. The Morgan fingerprint density at radius 3 is 2.60 bits per heavy atom. The van der Waals surface area contributed by atoms with Crippen LogP contribution in [0.15, 0.2) is 42.5 Å². The summed E-state index contributed by atoms with van der Waals surface area (Å²) < 4.78 is 37.5. The molecule has 0 fully saturated rings. The molecule has 0 aliphatic carbocycles. The van der Waals surface area contributed by atoms with E-state index in [1.807, 2.05) is 19.1 Å². The van der Waals surface area contributed by atoms with Gasteiger partial charge >= 0.3 is 0 Å². The SMILES string of the molecule is CCOc1cccc(NC(=O)[C@H]2CN(S(C)(=O)=O)c3cc(C(C)(C)C)ccc3O2)c1. The summed E-state index contributed by atoms with van der Waals surface area (Å²) >= 11 is 0. The second kappa shape index (κ2) is 8.18. The van der Waals surface area contributed by atoms with Crippen LogP contribution in [0, 0.1) is 0 Å². The second-order valence-electron chi connectivity index (χ2n) is 8.28. The molecule has 30 heavy (non-hydrogen) atoms. The van der Waals surface area contributed by atoms with Crippen molar-refractivity contribution in [2.45, 2.75) is 39.2 Å². The van der Waals surface area contributed by atoms with E-state index >= 15 is 0 Å². The van der Waals surface area contributed by atoms with Crippen molar-refractivity contribution in [3.05, 3.63) is 48.0 Å². The van der Waals surface area contributed by atoms with Crippen LogP contribution in [-0.4, -0.2) is 39.8 Å². The maximum absolute atomic E-state index is 12.8. The van der Waals surface area contributed by atoms with Gasteiger partial charge in [-0.3, -0.25) is 9.10 Å². The van der Waals surface area contributed by atoms with E-state index in [2.05, 4.69) is 26.1 Å². The van der Waals surface area contributed by atoms with Gasteiger partial charge in [0, 0.05) is 11.8 Å². The van der Waals surface area contributed by atoms with E-state index in [0.29, 0.717) is 29.5 Å². The number of hydrogen-bond acceptors (Lipinski definition) is 5. The van der Waals surface area contributed by atoms with Crippen LogP contribution in [0.1, 0.15) is 33.3 Å². The zero-order valence-corrected chi connectivity index (χ0v) is 18.7. The minimum absolute atomic E-state index is 0.101. The number of carbonyl (C=O) groups excluding carboxylic acids is 1. The van der Waals surface area contributed by atoms with Gasteiger partial charge < -0.3 is 14.8 Å². The average molecular weight is 433 g/mol. The molecule has 2 aromatic carbocycles. The summed E-state index contributed by atoms with van der Waals surface area (Å²) in [4.78, 5) is 12.8. The number of amides is 1. The molecule has 1 heterocycles. The number of benzene rings is 2. The molecule has 0 spiro atoms. The Kier molecular flexibility index (Phi) is 5.99. The van der Waals surface area contributed by atoms with E-state index < -0.39 is 22.0 Å². The van der Waals surface area contributed by atoms with Gasteiger partial charge in [-0.1, -0.05) is 32.9 Å². The number of nitrogens with zero attached hydrogens (tertiary/aromatic N) is 1. The van der Waals surface area contributed by atoms with Crippen LogP contribution in [0.4, 0.5) is 11.4 Å². The highest BCUT2D eigenvalue weighted by Gasteiger charge is 2.36. The lowest BCUT2D eigenvalue weighted by Crippen LogP contribution is -2.48. The minimum atomic E-state index is -3.60. The Morgan fingerprint density at radius 1 is 1.23 bits per heavy atom. The number of anilines is 2. The van der Waals surface area contributed by atoms with E-state index in [1.165, 1.54) is 4.31 Å². The van der Waals surface area contributed by atoms with Crippen molar-refractivity contribution < 1.29 is 22.7 Å². The van der Waals surface area contributed by atoms with Gasteiger partial charge in [0.05, 0.1) is 25.1 Å². The fraction of sp³-hybridized carbons (Fsp3) is 0.409. The summed E-state index contributed by atoms with van der Waals surface area (Å²) in [5.41, 5.74) is 1.83. The molecule has 0 saturated heterocycles. The van der Waals surface area contributed by atoms with Crippen LogP contribution < -0.4 is 19.1 Å². The van der Waals surface area contributed by atoms with Crippen molar-refractivity contribution in [2.75, 3.05) is 29.0 Å². The molecule has 3 rings (SSSR count). The van der Waals surface area contributed by atoms with Crippen molar-refractivity contribution in [1.82, 2.24) is 0 Å². The summed E-state index contributed by atoms with van der Waals surface area (Å²) in [5, 5.41) is 2.78. The van der Waals surface area contributed by atoms with Gasteiger partial charge in [-0.15, -0.1) is 0 Å². The quantitative estimate of drug-likeness (QED) is 0.781. The van der Waals surface area contributed by atoms with E-state index in [9.17, 15) is 13.2 Å². The molecular formula is C22H28N2O5S. The molecule has 8 heteroatoms. The summed E-state index contributed by atoms with van der Waals surface area (Å²) in [6.45, 7) is 8.45. The lowest BCUT2D eigenvalue weighted by atomic mass is 9.86. The Balaban J connectivity index is 1.88. The first-order valence-electron chi connectivity index (χ1n) is 9.81. The second-order valence-corrected chi connectivity index (χ2v) is 10.2. The van der Waals surface area contributed by atoms with E-state index in [1.54, 1.807) is 30.3 Å². The number of rotatable bonds is 5. The van der Waals surface area contributed by atoms with Gasteiger partial charge in [-0.05, 0) is 42.2 Å². The first-order valence-corrected chi connectivity index (χ1v) is 11.7. The van der Waals surface area contributed by atoms with E-state index in [-0.39, 0.29) is 12.0 Å². The maximum atomic E-state index is 12.8. The Bertz CT molecular complexity index is 1040. The molecule has 7 nitrogen and oxygen atoms in total. The highest BCUT2D eigenvalue weighted by atomic mass is 32.2. The van der Waals surface area contributed by atoms with Crippen molar-refractivity contribution in [1.29, 1.82) is 0 Å². The third-order valence-corrected chi connectivity index (χ3v) is 5.95. The van der Waals surface area contributed by atoms with Crippen LogP contribution >= 0.6 is 0 Å². The van der Waals surface area contributed by atoms with E-state index in [4.69, 9.17) is 9.47 Å². The number of ether oxygens (including phenoxy) is 2. The van der Waals surface area contributed by atoms with Gasteiger partial charge in [0.15, 0.2) is 6.10 Å². The fourth-order valence-electron chi connectivity index (χ4n) is 3.22. The largest absolute Gasteiger partial charge is 0.494 e. The molecule has 0 unspecified atom stereocenters. The third kappa shape index (κ3) is 4.87. The van der Waals surface area contributed by atoms with Gasteiger partial charge in [0.25, 0.3) is 5.91 Å². The number of hydrogen-bond donors (Lipinski definition) is 1. The monoisotopic (exact) mass is 432 g/mol. The van der Waals surface area contributed by atoms with E-state index in [0.717, 1.165) is 11.8 Å². The summed E-state index contributed by atoms with van der Waals surface area (Å²) in [5.74, 6) is 0.573. The Labute approximate surface area is 178 Å². The average Bonchev–Trinajstić information content (AvgIpc) is 2.65. The topological polar surface area (TPSA) is 84.9 Å². The van der Waals surface area contributed by atoms with Gasteiger partial charge in [0.2, 0.25) is 10.0 Å². The smallest absolute Gasteiger partial charge is 0.267 e. The van der Waals surface area contributed by atoms with Crippen molar-refractivity contribution >= 4 is 27.3 Å². The lowest BCUT2D eigenvalue weighted by Gasteiger charge is -2.35. The van der Waals surface area contributed by atoms with Crippen LogP contribution in [0.5, 0.6) is 11.5 Å². The summed E-state index contributed by atoms with van der Waals surface area (Å²) in [6, 6.07) is 12.5. The van der Waals surface area contributed by atoms with Gasteiger partial charge in [-0.25, -0.2) is 8.42 Å². The zero-order valence-electron chi connectivity index (χ0n) is 17.9. The van der Waals surface area contributed by atoms with Crippen molar-refractivity contribution in [2.24, 2.45) is 0 Å². The maximum Gasteiger partial charge on any atom is 0.267 e. The number of fused-ring (bicyclic) bond motifs is 1. The van der Waals surface area contributed by atoms with Gasteiger partial charge in [0.1, 0.15) is 11.5 Å². The molecular weight excluding hydrogens is 404 g/mol. The molecule has 0 saturated carbocycles. The molecule has 0 radical (unpaired) electrons. The zero-order chi connectivity index (χ0) is 22.1. The number of nitrogens with one attached hydrogen (secondary N) is 1. The van der Waals surface area contributed by atoms with Crippen LogP contribution in [-0.2, 0) is 20.2 Å². The molecule has 0 aromatic heterocycles. The highest BCUT2D eigenvalue weighted by molar-refractivity contribution is 7.92. The third-order valence-electron chi connectivity index (χ3n) is 4.80. The minimum Gasteiger partial charge on any atom is -0.494 e. The molecule has 1 N–H and O–H groups in total. The summed E-state index contributed by atoms with van der Waals surface area (Å²) in [6.07, 6.45) is 0.148. The predicted octanol–water partition coefficient (Wildman–Crippen LogP) is 3.55. The first kappa shape index (κ1) is 22.0. The molecule has 1 atom stereocenters. The Morgan fingerprint density at radius 2 is 1.97 bits per heavy atom. The van der Waals surface area contributed by atoms with Gasteiger partial charge in [-0.2, -0.15) is 0 Å². The number of carbonyl (C=O) groups is 1. The van der Waals surface area contributed by atoms with Crippen LogP contribution in [0.2, 0.25) is 0 Å². The molecule has 1 amide bonds. The van der Waals surface area contributed by atoms with Crippen molar-refractivity contribution in [3.8, 4) is 11.5 Å².